The van der Waals surface area contributed by atoms with Crippen molar-refractivity contribution in [2.45, 2.75) is 12.5 Å². The van der Waals surface area contributed by atoms with E-state index in [4.69, 9.17) is 33.7 Å². The van der Waals surface area contributed by atoms with E-state index >= 15 is 0 Å². The third-order valence-electron chi connectivity index (χ3n) is 2.32. The smallest absolute Gasteiger partial charge is 0.151 e. The van der Waals surface area contributed by atoms with Gasteiger partial charge in [0.05, 0.1) is 5.02 Å². The molecule has 2 N–H and O–H groups in total. The third-order valence-corrected chi connectivity index (χ3v) is 3.73. The van der Waals surface area contributed by atoms with Gasteiger partial charge in [0.2, 0.25) is 0 Å². The van der Waals surface area contributed by atoms with E-state index in [2.05, 4.69) is 4.98 Å². The van der Waals surface area contributed by atoms with Crippen molar-refractivity contribution in [2.75, 3.05) is 6.54 Å². The summed E-state index contributed by atoms with van der Waals surface area (Å²) in [5.74, 6) is 0.554. The molecular formula is C12H12Cl2N2OS. The predicted molar refractivity (Wildman–Crippen MR) is 75.6 cm³/mol. The molecule has 2 rings (SSSR count). The van der Waals surface area contributed by atoms with Crippen LogP contribution in [0.2, 0.25) is 10.0 Å². The summed E-state index contributed by atoms with van der Waals surface area (Å²) in [5.41, 5.74) is 5.59. The van der Waals surface area contributed by atoms with E-state index in [1.165, 1.54) is 11.3 Å². The van der Waals surface area contributed by atoms with Crippen LogP contribution in [-0.4, -0.2) is 11.5 Å². The Balaban J connectivity index is 2.21. The second-order valence-corrected chi connectivity index (χ2v) is 5.40. The molecule has 18 heavy (non-hydrogen) atoms. The molecule has 2 aromatic rings. The van der Waals surface area contributed by atoms with Crippen molar-refractivity contribution >= 4 is 34.5 Å². The fraction of sp³-hybridized carbons (Fsp3) is 0.250. The largest absolute Gasteiger partial charge is 0.482 e. The molecule has 0 aliphatic heterocycles. The molecule has 0 amide bonds. The van der Waals surface area contributed by atoms with E-state index in [-0.39, 0.29) is 6.10 Å². The van der Waals surface area contributed by atoms with Gasteiger partial charge >= 0.3 is 0 Å². The van der Waals surface area contributed by atoms with Crippen LogP contribution in [-0.2, 0) is 0 Å². The molecule has 6 heteroatoms. The van der Waals surface area contributed by atoms with Gasteiger partial charge in [0.1, 0.15) is 10.8 Å². The number of halogens is 2. The van der Waals surface area contributed by atoms with Crippen molar-refractivity contribution in [1.82, 2.24) is 4.98 Å². The normalized spacial score (nSPS) is 12.4. The Morgan fingerprint density at radius 1 is 1.39 bits per heavy atom. The van der Waals surface area contributed by atoms with Gasteiger partial charge in [0.15, 0.2) is 6.10 Å². The maximum Gasteiger partial charge on any atom is 0.151 e. The maximum absolute atomic E-state index is 6.07. The summed E-state index contributed by atoms with van der Waals surface area (Å²) < 4.78 is 5.86. The molecule has 0 radical (unpaired) electrons. The predicted octanol–water partition coefficient (Wildman–Crippen LogP) is 3.92. The minimum absolute atomic E-state index is 0.189. The summed E-state index contributed by atoms with van der Waals surface area (Å²) in [7, 11) is 0. The molecule has 0 saturated carbocycles. The van der Waals surface area contributed by atoms with Crippen molar-refractivity contribution in [3.63, 3.8) is 0 Å². The minimum Gasteiger partial charge on any atom is -0.482 e. The van der Waals surface area contributed by atoms with Crippen LogP contribution in [0, 0.1) is 0 Å². The van der Waals surface area contributed by atoms with Crippen molar-refractivity contribution in [2.24, 2.45) is 5.73 Å². The lowest BCUT2D eigenvalue weighted by Crippen LogP contribution is -2.13. The number of hydrogen-bond donors (Lipinski definition) is 1. The first-order valence-electron chi connectivity index (χ1n) is 5.42. The second kappa shape index (κ2) is 6.38. The fourth-order valence-corrected chi connectivity index (χ4v) is 2.52. The lowest BCUT2D eigenvalue weighted by Gasteiger charge is -2.17. The zero-order chi connectivity index (χ0) is 13.0. The molecule has 0 fully saturated rings. The van der Waals surface area contributed by atoms with Crippen molar-refractivity contribution < 1.29 is 4.74 Å². The van der Waals surface area contributed by atoms with Crippen LogP contribution in [0.1, 0.15) is 17.5 Å². The summed E-state index contributed by atoms with van der Waals surface area (Å²) in [6.45, 7) is 0.516. The van der Waals surface area contributed by atoms with E-state index in [1.807, 2.05) is 5.38 Å². The highest BCUT2D eigenvalue weighted by molar-refractivity contribution is 7.09. The molecule has 0 unspecified atom stereocenters. The maximum atomic E-state index is 6.07. The number of ether oxygens (including phenoxy) is 1. The summed E-state index contributed by atoms with van der Waals surface area (Å²) in [4.78, 5) is 4.25. The van der Waals surface area contributed by atoms with Gasteiger partial charge in [-0.15, -0.1) is 11.3 Å². The van der Waals surface area contributed by atoms with Crippen molar-refractivity contribution in [3.05, 3.63) is 44.8 Å². The zero-order valence-electron chi connectivity index (χ0n) is 9.48. The Labute approximate surface area is 120 Å². The molecule has 1 aromatic carbocycles. The van der Waals surface area contributed by atoms with Crippen LogP contribution in [0.5, 0.6) is 5.75 Å². The highest BCUT2D eigenvalue weighted by Crippen LogP contribution is 2.33. The molecule has 0 bridgehead atoms. The van der Waals surface area contributed by atoms with Crippen LogP contribution in [0.4, 0.5) is 0 Å². The highest BCUT2D eigenvalue weighted by atomic mass is 35.5. The fourth-order valence-electron chi connectivity index (χ4n) is 1.50. The molecule has 0 saturated heterocycles. The average molecular weight is 303 g/mol. The van der Waals surface area contributed by atoms with Gasteiger partial charge in [0, 0.05) is 29.1 Å². The van der Waals surface area contributed by atoms with Gasteiger partial charge in [-0.1, -0.05) is 23.2 Å². The topological polar surface area (TPSA) is 48.1 Å². The summed E-state index contributed by atoms with van der Waals surface area (Å²) in [6, 6.07) is 5.12. The molecular weight excluding hydrogens is 291 g/mol. The minimum atomic E-state index is -0.189. The van der Waals surface area contributed by atoms with E-state index in [9.17, 15) is 0 Å². The van der Waals surface area contributed by atoms with Gasteiger partial charge in [-0.2, -0.15) is 0 Å². The Hall–Kier alpha value is -0.810. The standard InChI is InChI=1S/C12H12Cl2N2OS/c13-8-1-2-9(14)11(7-8)17-10(3-4-15)12-16-5-6-18-12/h1-2,5-7,10H,3-4,15H2/t10-/m1/s1. The molecule has 1 heterocycles. The first-order chi connectivity index (χ1) is 8.70. The number of aromatic nitrogens is 1. The zero-order valence-corrected chi connectivity index (χ0v) is 11.8. The lowest BCUT2D eigenvalue weighted by atomic mass is 10.2. The van der Waals surface area contributed by atoms with Crippen LogP contribution in [0.15, 0.2) is 29.8 Å². The second-order valence-electron chi connectivity index (χ2n) is 3.63. The van der Waals surface area contributed by atoms with Crippen LogP contribution in [0.3, 0.4) is 0 Å². The molecule has 1 aromatic heterocycles. The molecule has 1 atom stereocenters. The number of hydrogen-bond acceptors (Lipinski definition) is 4. The number of nitrogens with zero attached hydrogens (tertiary/aromatic N) is 1. The Morgan fingerprint density at radius 2 is 2.22 bits per heavy atom. The summed E-state index contributed by atoms with van der Waals surface area (Å²) in [5, 5.41) is 3.90. The Morgan fingerprint density at radius 3 is 2.89 bits per heavy atom. The number of nitrogens with two attached hydrogens (primary N) is 1. The van der Waals surface area contributed by atoms with E-state index in [1.54, 1.807) is 24.4 Å². The summed E-state index contributed by atoms with van der Waals surface area (Å²) in [6.07, 6.45) is 2.23. The number of rotatable bonds is 5. The summed E-state index contributed by atoms with van der Waals surface area (Å²) >= 11 is 13.5. The highest BCUT2D eigenvalue weighted by Gasteiger charge is 2.17. The lowest BCUT2D eigenvalue weighted by molar-refractivity contribution is 0.197. The Bertz CT molecular complexity index is 505. The molecule has 0 spiro atoms. The van der Waals surface area contributed by atoms with E-state index in [0.717, 1.165) is 5.01 Å². The molecule has 96 valence electrons. The van der Waals surface area contributed by atoms with Crippen LogP contribution < -0.4 is 10.5 Å². The van der Waals surface area contributed by atoms with Gasteiger partial charge < -0.3 is 10.5 Å². The van der Waals surface area contributed by atoms with Gasteiger partial charge in [-0.3, -0.25) is 0 Å². The van der Waals surface area contributed by atoms with E-state index in [0.29, 0.717) is 28.8 Å². The van der Waals surface area contributed by atoms with Gasteiger partial charge in [0.25, 0.3) is 0 Å². The van der Waals surface area contributed by atoms with Crippen molar-refractivity contribution in [1.29, 1.82) is 0 Å². The number of benzene rings is 1. The van der Waals surface area contributed by atoms with Crippen LogP contribution >= 0.6 is 34.5 Å². The SMILES string of the molecule is NCC[C@@H](Oc1cc(Cl)ccc1Cl)c1nccs1. The molecule has 0 aliphatic carbocycles. The quantitative estimate of drug-likeness (QED) is 0.910. The third kappa shape index (κ3) is 3.36. The van der Waals surface area contributed by atoms with Crippen molar-refractivity contribution in [3.8, 4) is 5.75 Å². The van der Waals surface area contributed by atoms with Gasteiger partial charge in [-0.25, -0.2) is 4.98 Å². The molecule has 3 nitrogen and oxygen atoms in total. The molecule has 0 aliphatic rings. The first kappa shape index (κ1) is 13.6. The van der Waals surface area contributed by atoms with E-state index < -0.39 is 0 Å². The Kier molecular flexibility index (Phi) is 4.83. The average Bonchev–Trinajstić information content (AvgIpc) is 2.87. The first-order valence-corrected chi connectivity index (χ1v) is 7.05. The number of thiazole rings is 1. The van der Waals surface area contributed by atoms with Gasteiger partial charge in [-0.05, 0) is 18.7 Å². The monoisotopic (exact) mass is 302 g/mol. The van der Waals surface area contributed by atoms with Crippen LogP contribution in [0.25, 0.3) is 0 Å².